The molecule has 0 unspecified atom stereocenters. The first-order valence-corrected chi connectivity index (χ1v) is 13.5. The fraction of sp³-hybridized carbons (Fsp3) is 0.424. The van der Waals surface area contributed by atoms with E-state index in [-0.39, 0.29) is 5.41 Å². The van der Waals surface area contributed by atoms with E-state index in [9.17, 15) is 4.79 Å². The third-order valence-corrected chi connectivity index (χ3v) is 9.53. The van der Waals surface area contributed by atoms with Crippen LogP contribution >= 0.6 is 0 Å². The minimum atomic E-state index is 0.125. The van der Waals surface area contributed by atoms with Gasteiger partial charge in [0.15, 0.2) is 5.78 Å². The fourth-order valence-corrected chi connectivity index (χ4v) is 7.75. The number of carbonyl (C=O) groups excluding carboxylic acids is 1. The first-order valence-electron chi connectivity index (χ1n) is 13.5. The molecule has 0 aromatic heterocycles. The van der Waals surface area contributed by atoms with Crippen molar-refractivity contribution in [2.24, 2.45) is 17.3 Å². The van der Waals surface area contributed by atoms with Gasteiger partial charge in [-0.05, 0) is 108 Å². The van der Waals surface area contributed by atoms with Crippen LogP contribution in [0.1, 0.15) is 62.5 Å². The molecule has 2 aromatic rings. The summed E-state index contributed by atoms with van der Waals surface area (Å²) in [6.45, 7) is 2.53. The predicted octanol–water partition coefficient (Wildman–Crippen LogP) is 7.35. The maximum Gasteiger partial charge on any atom is 0.156 e. The van der Waals surface area contributed by atoms with E-state index in [1.54, 1.807) is 12.7 Å². The summed E-state index contributed by atoms with van der Waals surface area (Å²) in [5, 5.41) is 0. The summed E-state index contributed by atoms with van der Waals surface area (Å²) in [6, 6.07) is 17.9. The van der Waals surface area contributed by atoms with Crippen LogP contribution in [0.5, 0.6) is 5.75 Å². The Hall–Kier alpha value is -3.07. The Labute approximate surface area is 215 Å². The summed E-state index contributed by atoms with van der Waals surface area (Å²) in [5.74, 6) is 2.80. The molecule has 0 aliphatic heterocycles. The van der Waals surface area contributed by atoms with Crippen molar-refractivity contribution in [3.05, 3.63) is 88.5 Å². The fourth-order valence-electron chi connectivity index (χ4n) is 7.75. The molecule has 0 heterocycles. The molecule has 4 aliphatic carbocycles. The molecule has 0 spiro atoms. The molecule has 3 nitrogen and oxygen atoms in total. The van der Waals surface area contributed by atoms with Gasteiger partial charge in [-0.15, -0.1) is 0 Å². The van der Waals surface area contributed by atoms with Crippen molar-refractivity contribution in [1.82, 2.24) is 0 Å². The number of allylic oxidation sites excluding steroid dienone is 6. The highest BCUT2D eigenvalue weighted by Crippen LogP contribution is 2.65. The van der Waals surface area contributed by atoms with Crippen LogP contribution in [0.4, 0.5) is 5.69 Å². The van der Waals surface area contributed by atoms with E-state index in [1.807, 2.05) is 6.08 Å². The number of hydrogen-bond donors (Lipinski definition) is 0. The second kappa shape index (κ2) is 8.80. The summed E-state index contributed by atoms with van der Waals surface area (Å²) in [7, 11) is 5.93. The van der Waals surface area contributed by atoms with Crippen LogP contribution in [-0.2, 0) is 4.79 Å². The standard InChI is InChI=1S/C33H37NO2/c1-33-20-29(21-5-10-24(11-6-21)34(2)3)32-27-16-12-25(35)19-23(27)9-15-28(32)31(33)18-17-30(33)22-7-13-26(36-4)14-8-22/h5-8,10-11,13-14,17,19,28-29,31H,9,12,15-16,18,20H2,1-4H3/t28-,29+,31-,33+/m0/s1. The molecule has 0 N–H and O–H groups in total. The third kappa shape index (κ3) is 3.67. The Morgan fingerprint density at radius 3 is 2.42 bits per heavy atom. The average molecular weight is 480 g/mol. The molecule has 0 bridgehead atoms. The summed E-state index contributed by atoms with van der Waals surface area (Å²) >= 11 is 0. The lowest BCUT2D eigenvalue weighted by molar-refractivity contribution is -0.114. The minimum Gasteiger partial charge on any atom is -0.497 e. The number of carbonyl (C=O) groups is 1. The van der Waals surface area contributed by atoms with E-state index in [0.717, 1.165) is 37.9 Å². The van der Waals surface area contributed by atoms with Gasteiger partial charge >= 0.3 is 0 Å². The molecule has 4 aliphatic rings. The van der Waals surface area contributed by atoms with Gasteiger partial charge in [-0.1, -0.05) is 42.8 Å². The second-order valence-corrected chi connectivity index (χ2v) is 11.6. The van der Waals surface area contributed by atoms with E-state index in [1.165, 1.54) is 33.5 Å². The van der Waals surface area contributed by atoms with Crippen LogP contribution in [0.25, 0.3) is 5.57 Å². The highest BCUT2D eigenvalue weighted by Gasteiger charge is 2.54. The molecule has 6 rings (SSSR count). The number of hydrogen-bond acceptors (Lipinski definition) is 3. The zero-order valence-electron chi connectivity index (χ0n) is 22.0. The van der Waals surface area contributed by atoms with Crippen molar-refractivity contribution < 1.29 is 9.53 Å². The van der Waals surface area contributed by atoms with Crippen LogP contribution in [0.3, 0.4) is 0 Å². The van der Waals surface area contributed by atoms with Crippen molar-refractivity contribution in [2.45, 2.75) is 51.4 Å². The van der Waals surface area contributed by atoms with E-state index < -0.39 is 0 Å². The van der Waals surface area contributed by atoms with E-state index in [4.69, 9.17) is 4.74 Å². The molecule has 0 amide bonds. The van der Waals surface area contributed by atoms with Gasteiger partial charge in [-0.25, -0.2) is 0 Å². The first-order chi connectivity index (χ1) is 17.4. The van der Waals surface area contributed by atoms with Crippen molar-refractivity contribution in [1.29, 1.82) is 0 Å². The average Bonchev–Trinajstić information content (AvgIpc) is 3.24. The quantitative estimate of drug-likeness (QED) is 0.459. The zero-order valence-corrected chi connectivity index (χ0v) is 22.0. The van der Waals surface area contributed by atoms with Crippen LogP contribution < -0.4 is 9.64 Å². The molecule has 0 radical (unpaired) electrons. The summed E-state index contributed by atoms with van der Waals surface area (Å²) in [4.78, 5) is 14.5. The number of ketones is 1. The topological polar surface area (TPSA) is 29.5 Å². The molecule has 186 valence electrons. The van der Waals surface area contributed by atoms with Crippen molar-refractivity contribution in [3.63, 3.8) is 0 Å². The Morgan fingerprint density at radius 2 is 1.72 bits per heavy atom. The normalized spacial score (nSPS) is 29.1. The minimum absolute atomic E-state index is 0.125. The van der Waals surface area contributed by atoms with Crippen LogP contribution in [0.2, 0.25) is 0 Å². The van der Waals surface area contributed by atoms with Gasteiger partial charge in [0.05, 0.1) is 7.11 Å². The molecule has 1 saturated carbocycles. The molecule has 3 heteroatoms. The van der Waals surface area contributed by atoms with E-state index in [2.05, 4.69) is 80.5 Å². The van der Waals surface area contributed by atoms with Gasteiger partial charge in [0.25, 0.3) is 0 Å². The van der Waals surface area contributed by atoms with Crippen molar-refractivity contribution >= 4 is 17.0 Å². The lowest BCUT2D eigenvalue weighted by Gasteiger charge is -2.52. The number of anilines is 1. The Morgan fingerprint density at radius 1 is 0.972 bits per heavy atom. The smallest absolute Gasteiger partial charge is 0.156 e. The highest BCUT2D eigenvalue weighted by molar-refractivity contribution is 5.93. The number of rotatable bonds is 4. The van der Waals surface area contributed by atoms with Gasteiger partial charge in [0.1, 0.15) is 5.75 Å². The number of fused-ring (bicyclic) bond motifs is 4. The largest absolute Gasteiger partial charge is 0.497 e. The number of benzene rings is 2. The Kier molecular flexibility index (Phi) is 5.70. The van der Waals surface area contributed by atoms with Gasteiger partial charge in [0, 0.05) is 32.1 Å². The van der Waals surface area contributed by atoms with Gasteiger partial charge in [-0.3, -0.25) is 4.79 Å². The Bertz CT molecular complexity index is 1280. The van der Waals surface area contributed by atoms with Crippen molar-refractivity contribution in [2.75, 3.05) is 26.1 Å². The van der Waals surface area contributed by atoms with Gasteiger partial charge in [-0.2, -0.15) is 0 Å². The maximum absolute atomic E-state index is 12.3. The monoisotopic (exact) mass is 479 g/mol. The third-order valence-electron chi connectivity index (χ3n) is 9.53. The molecular weight excluding hydrogens is 442 g/mol. The van der Waals surface area contributed by atoms with E-state index in [0.29, 0.717) is 30.0 Å². The molecule has 1 fully saturated rings. The summed E-state index contributed by atoms with van der Waals surface area (Å²) < 4.78 is 5.44. The van der Waals surface area contributed by atoms with Crippen molar-refractivity contribution in [3.8, 4) is 5.75 Å². The number of methoxy groups -OCH3 is 1. The lowest BCUT2D eigenvalue weighted by atomic mass is 9.52. The van der Waals surface area contributed by atoms with Crippen LogP contribution in [0.15, 0.2) is 77.4 Å². The lowest BCUT2D eigenvalue weighted by Crippen LogP contribution is -2.42. The Balaban J connectivity index is 1.46. The van der Waals surface area contributed by atoms with Crippen LogP contribution in [0, 0.1) is 17.3 Å². The maximum atomic E-state index is 12.3. The van der Waals surface area contributed by atoms with E-state index >= 15 is 0 Å². The number of ether oxygens (including phenoxy) is 1. The number of nitrogens with zero attached hydrogens (tertiary/aromatic N) is 1. The molecule has 36 heavy (non-hydrogen) atoms. The molecule has 0 saturated heterocycles. The predicted molar refractivity (Wildman–Crippen MR) is 147 cm³/mol. The van der Waals surface area contributed by atoms with Gasteiger partial charge < -0.3 is 9.64 Å². The highest BCUT2D eigenvalue weighted by atomic mass is 16.5. The first kappa shape index (κ1) is 23.3. The molecular formula is C33H37NO2. The zero-order chi connectivity index (χ0) is 25.0. The van der Waals surface area contributed by atoms with Gasteiger partial charge in [0.2, 0.25) is 0 Å². The summed E-state index contributed by atoms with van der Waals surface area (Å²) in [6.07, 6.45) is 10.6. The second-order valence-electron chi connectivity index (χ2n) is 11.6. The molecule has 2 aromatic carbocycles. The summed E-state index contributed by atoms with van der Waals surface area (Å²) in [5.41, 5.74) is 10.1. The SMILES string of the molecule is COc1ccc(C2=CC[C@H]3[C@@H]4CCC5=CC(=O)CCC5=C4[C@@H](c4ccc(N(C)C)cc4)C[C@]23C)cc1. The molecule has 4 atom stereocenters. The van der Waals surface area contributed by atoms with Crippen LogP contribution in [-0.4, -0.2) is 27.0 Å².